The molecule has 18 heavy (non-hydrogen) atoms. The van der Waals surface area contributed by atoms with Gasteiger partial charge in [0.1, 0.15) is 6.33 Å². The number of nitrogens with zero attached hydrogens (tertiary/aromatic N) is 2. The van der Waals surface area contributed by atoms with Gasteiger partial charge in [-0.2, -0.15) is 5.10 Å². The Hall–Kier alpha value is -1.33. The van der Waals surface area contributed by atoms with Gasteiger partial charge in [-0.1, -0.05) is 49.0 Å². The molecule has 2 N–H and O–H groups in total. The summed E-state index contributed by atoms with van der Waals surface area (Å²) in [6, 6.07) is 10.9. The zero-order valence-electron chi connectivity index (χ0n) is 10.5. The van der Waals surface area contributed by atoms with Crippen LogP contribution in [0.15, 0.2) is 41.8 Å². The van der Waals surface area contributed by atoms with E-state index in [4.69, 9.17) is 0 Å². The van der Waals surface area contributed by atoms with Gasteiger partial charge < -0.3 is 5.32 Å². The first-order chi connectivity index (χ1) is 8.90. The summed E-state index contributed by atoms with van der Waals surface area (Å²) in [5, 5.41) is 11.2. The number of aromatic amines is 1. The predicted molar refractivity (Wildman–Crippen MR) is 74.6 cm³/mol. The van der Waals surface area contributed by atoms with Crippen molar-refractivity contribution in [2.45, 2.75) is 24.5 Å². The van der Waals surface area contributed by atoms with Gasteiger partial charge in [0, 0.05) is 11.8 Å². The summed E-state index contributed by atoms with van der Waals surface area (Å²) in [7, 11) is 0. The normalized spacial score (nSPS) is 12.5. The Kier molecular flexibility index (Phi) is 5.23. The fourth-order valence-corrected chi connectivity index (χ4v) is 2.58. The molecule has 0 radical (unpaired) electrons. The Morgan fingerprint density at radius 1 is 1.33 bits per heavy atom. The highest BCUT2D eigenvalue weighted by molar-refractivity contribution is 7.99. The van der Waals surface area contributed by atoms with Gasteiger partial charge in [-0.25, -0.2) is 4.98 Å². The van der Waals surface area contributed by atoms with Crippen molar-refractivity contribution in [3.63, 3.8) is 0 Å². The second-order valence-electron chi connectivity index (χ2n) is 4.02. The lowest BCUT2D eigenvalue weighted by molar-refractivity contribution is 0.577. The SMILES string of the molecule is CCCNC(CSc1ncn[nH]1)c1ccccc1. The molecule has 4 nitrogen and oxygen atoms in total. The van der Waals surface area contributed by atoms with Crippen molar-refractivity contribution in [2.75, 3.05) is 12.3 Å². The number of hydrogen-bond acceptors (Lipinski definition) is 4. The van der Waals surface area contributed by atoms with Crippen LogP contribution in [0.2, 0.25) is 0 Å². The molecule has 0 saturated heterocycles. The van der Waals surface area contributed by atoms with Crippen molar-refractivity contribution in [1.29, 1.82) is 0 Å². The molecule has 1 aromatic carbocycles. The van der Waals surface area contributed by atoms with Crippen LogP contribution in [0.5, 0.6) is 0 Å². The van der Waals surface area contributed by atoms with Crippen molar-refractivity contribution in [3.8, 4) is 0 Å². The summed E-state index contributed by atoms with van der Waals surface area (Å²) in [5.74, 6) is 0.944. The van der Waals surface area contributed by atoms with Crippen LogP contribution in [-0.4, -0.2) is 27.5 Å². The average molecular weight is 262 g/mol. The smallest absolute Gasteiger partial charge is 0.183 e. The van der Waals surface area contributed by atoms with Gasteiger partial charge in [-0.3, -0.25) is 5.10 Å². The molecule has 2 rings (SSSR count). The van der Waals surface area contributed by atoms with Gasteiger partial charge in [0.2, 0.25) is 0 Å². The number of thioether (sulfide) groups is 1. The molecular formula is C13H18N4S. The maximum absolute atomic E-state index is 4.13. The molecular weight excluding hydrogens is 244 g/mol. The third-order valence-electron chi connectivity index (χ3n) is 2.62. The van der Waals surface area contributed by atoms with E-state index in [1.165, 1.54) is 5.56 Å². The van der Waals surface area contributed by atoms with E-state index >= 15 is 0 Å². The first kappa shape index (κ1) is 13.1. The van der Waals surface area contributed by atoms with Crippen molar-refractivity contribution in [2.24, 2.45) is 0 Å². The standard InChI is InChI=1S/C13H18N4S/c1-2-8-14-12(11-6-4-3-5-7-11)9-18-13-15-10-16-17-13/h3-7,10,12,14H,2,8-9H2,1H3,(H,15,16,17). The summed E-state index contributed by atoms with van der Waals surface area (Å²) in [4.78, 5) is 4.13. The van der Waals surface area contributed by atoms with Crippen LogP contribution < -0.4 is 5.32 Å². The fraction of sp³-hybridized carbons (Fsp3) is 0.385. The summed E-state index contributed by atoms with van der Waals surface area (Å²) in [6.45, 7) is 3.20. The van der Waals surface area contributed by atoms with Crippen LogP contribution in [0, 0.1) is 0 Å². The van der Waals surface area contributed by atoms with Gasteiger partial charge in [0.25, 0.3) is 0 Å². The van der Waals surface area contributed by atoms with Gasteiger partial charge in [-0.05, 0) is 18.5 Å². The van der Waals surface area contributed by atoms with Crippen molar-refractivity contribution in [1.82, 2.24) is 20.5 Å². The Morgan fingerprint density at radius 2 is 2.17 bits per heavy atom. The van der Waals surface area contributed by atoms with Crippen LogP contribution in [0.25, 0.3) is 0 Å². The third-order valence-corrected chi connectivity index (χ3v) is 3.59. The topological polar surface area (TPSA) is 53.6 Å². The molecule has 0 bridgehead atoms. The Balaban J connectivity index is 1.96. The van der Waals surface area contributed by atoms with Crippen molar-refractivity contribution < 1.29 is 0 Å². The molecule has 0 aliphatic carbocycles. The van der Waals surface area contributed by atoms with Crippen LogP contribution in [0.1, 0.15) is 24.9 Å². The molecule has 96 valence electrons. The lowest BCUT2D eigenvalue weighted by Gasteiger charge is -2.17. The van der Waals surface area contributed by atoms with E-state index in [1.54, 1.807) is 18.1 Å². The maximum Gasteiger partial charge on any atom is 0.183 e. The molecule has 1 atom stereocenters. The van der Waals surface area contributed by atoms with E-state index in [1.807, 2.05) is 6.07 Å². The summed E-state index contributed by atoms with van der Waals surface area (Å²) >= 11 is 1.69. The summed E-state index contributed by atoms with van der Waals surface area (Å²) in [6.07, 6.45) is 2.68. The monoisotopic (exact) mass is 262 g/mol. The van der Waals surface area contributed by atoms with Crippen LogP contribution in [0.3, 0.4) is 0 Å². The number of benzene rings is 1. The van der Waals surface area contributed by atoms with Gasteiger partial charge in [0.15, 0.2) is 5.16 Å². The molecule has 0 saturated carbocycles. The number of hydrogen-bond donors (Lipinski definition) is 2. The molecule has 0 amide bonds. The molecule has 1 heterocycles. The van der Waals surface area contributed by atoms with E-state index in [2.05, 4.69) is 51.7 Å². The van der Waals surface area contributed by atoms with E-state index in [0.29, 0.717) is 6.04 Å². The van der Waals surface area contributed by atoms with Gasteiger partial charge >= 0.3 is 0 Å². The third kappa shape index (κ3) is 3.85. The molecule has 2 aromatic rings. The maximum atomic E-state index is 4.13. The predicted octanol–water partition coefficient (Wildman–Crippen LogP) is 2.64. The fourth-order valence-electron chi connectivity index (χ4n) is 1.70. The summed E-state index contributed by atoms with van der Waals surface area (Å²) in [5.41, 5.74) is 1.32. The van der Waals surface area contributed by atoms with Crippen LogP contribution in [0.4, 0.5) is 0 Å². The minimum atomic E-state index is 0.348. The highest BCUT2D eigenvalue weighted by Gasteiger charge is 2.11. The molecule has 0 aliphatic heterocycles. The highest BCUT2D eigenvalue weighted by atomic mass is 32.2. The second kappa shape index (κ2) is 7.18. The van der Waals surface area contributed by atoms with Crippen LogP contribution in [-0.2, 0) is 0 Å². The molecule has 1 unspecified atom stereocenters. The number of nitrogens with one attached hydrogen (secondary N) is 2. The lowest BCUT2D eigenvalue weighted by atomic mass is 10.1. The first-order valence-corrected chi connectivity index (χ1v) is 7.15. The second-order valence-corrected chi connectivity index (χ2v) is 5.03. The largest absolute Gasteiger partial charge is 0.309 e. The Labute approximate surface area is 112 Å². The molecule has 5 heteroatoms. The lowest BCUT2D eigenvalue weighted by Crippen LogP contribution is -2.24. The molecule has 0 fully saturated rings. The number of rotatable bonds is 7. The number of aromatic nitrogens is 3. The highest BCUT2D eigenvalue weighted by Crippen LogP contribution is 2.21. The zero-order valence-corrected chi connectivity index (χ0v) is 11.3. The molecule has 0 spiro atoms. The van der Waals surface area contributed by atoms with E-state index in [0.717, 1.165) is 23.9 Å². The Morgan fingerprint density at radius 3 is 2.83 bits per heavy atom. The Bertz CT molecular complexity index is 430. The average Bonchev–Trinajstić information content (AvgIpc) is 2.93. The van der Waals surface area contributed by atoms with E-state index in [9.17, 15) is 0 Å². The van der Waals surface area contributed by atoms with Crippen molar-refractivity contribution >= 4 is 11.8 Å². The van der Waals surface area contributed by atoms with E-state index in [-0.39, 0.29) is 0 Å². The summed E-state index contributed by atoms with van der Waals surface area (Å²) < 4.78 is 0. The number of H-pyrrole nitrogens is 1. The minimum absolute atomic E-state index is 0.348. The first-order valence-electron chi connectivity index (χ1n) is 6.16. The van der Waals surface area contributed by atoms with Gasteiger partial charge in [-0.15, -0.1) is 0 Å². The van der Waals surface area contributed by atoms with E-state index < -0.39 is 0 Å². The van der Waals surface area contributed by atoms with Gasteiger partial charge in [0.05, 0.1) is 0 Å². The van der Waals surface area contributed by atoms with Crippen LogP contribution >= 0.6 is 11.8 Å². The minimum Gasteiger partial charge on any atom is -0.309 e. The molecule has 0 aliphatic rings. The molecule has 1 aromatic heterocycles. The quantitative estimate of drug-likeness (QED) is 0.753. The van der Waals surface area contributed by atoms with Crippen molar-refractivity contribution in [3.05, 3.63) is 42.2 Å². The zero-order chi connectivity index (χ0) is 12.6.